The normalized spacial score (nSPS) is 15.3. The Balaban J connectivity index is 1.49. The molecule has 9 heteroatoms. The highest BCUT2D eigenvalue weighted by molar-refractivity contribution is 6.35. The van der Waals surface area contributed by atoms with E-state index in [2.05, 4.69) is 57.1 Å². The van der Waals surface area contributed by atoms with Crippen molar-refractivity contribution in [2.24, 2.45) is 0 Å². The van der Waals surface area contributed by atoms with Crippen LogP contribution in [0.4, 0.5) is 11.4 Å². The molecule has 1 aliphatic carbocycles. The molecule has 1 fully saturated rings. The van der Waals surface area contributed by atoms with Gasteiger partial charge in [0.05, 0.1) is 64.8 Å². The molecule has 1 unspecified atom stereocenters. The first-order chi connectivity index (χ1) is 20.4. The van der Waals surface area contributed by atoms with Crippen LogP contribution >= 0.6 is 11.6 Å². The van der Waals surface area contributed by atoms with Crippen LogP contribution in [-0.2, 0) is 0 Å². The summed E-state index contributed by atoms with van der Waals surface area (Å²) >= 11 is 6.81. The highest BCUT2D eigenvalue weighted by Gasteiger charge is 2.30. The molecule has 202 valence electrons. The summed E-state index contributed by atoms with van der Waals surface area (Å²) in [5.41, 5.74) is 4.73. The third-order valence-corrected chi connectivity index (χ3v) is 7.54. The van der Waals surface area contributed by atoms with Gasteiger partial charge in [-0.2, -0.15) is 10.5 Å². The molecule has 0 amide bonds. The lowest BCUT2D eigenvalue weighted by molar-refractivity contribution is 0.574. The number of hydrogen-bond donors (Lipinski definition) is 2. The van der Waals surface area contributed by atoms with Crippen LogP contribution in [0.25, 0.3) is 10.9 Å². The molecule has 2 atom stereocenters. The van der Waals surface area contributed by atoms with Crippen LogP contribution in [0, 0.1) is 22.7 Å². The Labute approximate surface area is 244 Å². The summed E-state index contributed by atoms with van der Waals surface area (Å²) in [6.07, 6.45) is 5.83. The molecule has 3 aromatic carbocycles. The number of rotatable bonds is 9. The molecule has 0 radical (unpaired) electrons. The van der Waals surface area contributed by atoms with Crippen LogP contribution in [0.2, 0.25) is 5.02 Å². The van der Waals surface area contributed by atoms with Crippen molar-refractivity contribution in [1.82, 2.24) is 20.0 Å². The minimum absolute atomic E-state index is 0.0535. The molecule has 41 heavy (non-hydrogen) atoms. The van der Waals surface area contributed by atoms with E-state index in [1.807, 2.05) is 30.3 Å². The van der Waals surface area contributed by atoms with Gasteiger partial charge < -0.3 is 10.6 Å². The van der Waals surface area contributed by atoms with E-state index in [1.165, 1.54) is 6.20 Å². The first-order valence-electron chi connectivity index (χ1n) is 14.0. The summed E-state index contributed by atoms with van der Waals surface area (Å²) in [7, 11) is 0. The Morgan fingerprint density at radius 3 is 2.56 bits per heavy atom. The zero-order chi connectivity index (χ0) is 29.3. The van der Waals surface area contributed by atoms with E-state index in [0.29, 0.717) is 49.7 Å². The van der Waals surface area contributed by atoms with Gasteiger partial charge >= 0.3 is 0 Å². The van der Waals surface area contributed by atoms with E-state index in [1.54, 1.807) is 35.1 Å². The summed E-state index contributed by atoms with van der Waals surface area (Å²) in [6.45, 7) is 2.08. The number of halogens is 1. The quantitative estimate of drug-likeness (QED) is 0.194. The number of hydrogen-bond acceptors (Lipinski definition) is 7. The van der Waals surface area contributed by atoms with Crippen LogP contribution in [0.5, 0.6) is 0 Å². The summed E-state index contributed by atoms with van der Waals surface area (Å²) in [6, 6.07) is 23.6. The van der Waals surface area contributed by atoms with E-state index in [-0.39, 0.29) is 12.1 Å². The van der Waals surface area contributed by atoms with Crippen molar-refractivity contribution in [3.05, 3.63) is 112 Å². The van der Waals surface area contributed by atoms with E-state index >= 15 is 0 Å². The Bertz CT molecular complexity index is 1850. The number of benzene rings is 3. The molecule has 5 aromatic rings. The van der Waals surface area contributed by atoms with Gasteiger partial charge in [0.25, 0.3) is 0 Å². The minimum atomic E-state index is -1.56. The van der Waals surface area contributed by atoms with Gasteiger partial charge in [-0.15, -0.1) is 5.10 Å². The van der Waals surface area contributed by atoms with Crippen molar-refractivity contribution in [3.63, 3.8) is 0 Å². The molecule has 0 bridgehead atoms. The molecule has 2 aromatic heterocycles. The van der Waals surface area contributed by atoms with E-state index < -0.39 is 6.02 Å². The number of fused-ring (bicyclic) bond motifs is 1. The lowest BCUT2D eigenvalue weighted by atomic mass is 10.00. The molecule has 2 heterocycles. The molecule has 6 rings (SSSR count). The van der Waals surface area contributed by atoms with Crippen LogP contribution in [0.3, 0.4) is 0 Å². The van der Waals surface area contributed by atoms with Gasteiger partial charge in [-0.1, -0.05) is 66.2 Å². The van der Waals surface area contributed by atoms with Gasteiger partial charge in [-0.25, -0.2) is 4.68 Å². The number of nitriles is 2. The van der Waals surface area contributed by atoms with E-state index in [9.17, 15) is 11.9 Å². The van der Waals surface area contributed by atoms with Crippen molar-refractivity contribution in [2.45, 2.75) is 44.3 Å². The van der Waals surface area contributed by atoms with Gasteiger partial charge in [0.15, 0.2) is 0 Å². The highest BCUT2D eigenvalue weighted by atomic mass is 35.5. The molecule has 1 aliphatic rings. The van der Waals surface area contributed by atoms with Crippen molar-refractivity contribution >= 4 is 33.9 Å². The average molecular weight is 560 g/mol. The first-order valence-corrected chi connectivity index (χ1v) is 13.9. The van der Waals surface area contributed by atoms with Crippen LogP contribution in [0.15, 0.2) is 79.1 Å². The lowest BCUT2D eigenvalue weighted by Gasteiger charge is -2.23. The zero-order valence-corrected chi connectivity index (χ0v) is 23.1. The van der Waals surface area contributed by atoms with Crippen LogP contribution in [-0.4, -0.2) is 20.0 Å². The largest absolute Gasteiger partial charge is 0.377 e. The Morgan fingerprint density at radius 1 is 1.02 bits per heavy atom. The number of aromatic nitrogens is 4. The van der Waals surface area contributed by atoms with E-state index in [4.69, 9.17) is 11.6 Å². The third-order valence-electron chi connectivity index (χ3n) is 7.25. The van der Waals surface area contributed by atoms with Crippen LogP contribution < -0.4 is 10.6 Å². The summed E-state index contributed by atoms with van der Waals surface area (Å²) in [5.74, 6) is 0. The fourth-order valence-corrected chi connectivity index (χ4v) is 5.30. The molecule has 0 spiro atoms. The third kappa shape index (κ3) is 5.30. The summed E-state index contributed by atoms with van der Waals surface area (Å²) in [5, 5.41) is 36.0. The summed E-state index contributed by atoms with van der Waals surface area (Å²) in [4.78, 5) is 4.50. The first kappa shape index (κ1) is 25.1. The molecule has 0 aliphatic heterocycles. The van der Waals surface area contributed by atoms with Crippen molar-refractivity contribution in [1.29, 1.82) is 10.5 Å². The van der Waals surface area contributed by atoms with Gasteiger partial charge in [0.2, 0.25) is 0 Å². The molecular formula is C32H27ClN8. The maximum absolute atomic E-state index is 10.0. The number of pyridine rings is 1. The van der Waals surface area contributed by atoms with Gasteiger partial charge in [-0.05, 0) is 54.7 Å². The zero-order valence-electron chi connectivity index (χ0n) is 23.3. The second-order valence-electron chi connectivity index (χ2n) is 10.0. The molecule has 2 N–H and O–H groups in total. The SMILES string of the molecule is [2H]C(Nc1cc(Cl)c2ncc(C#N)c(N[C@H](CC)c3ccccc3)c2c1)(c1cccc(C#N)c1)c1cnnn1C1CC1. The Hall–Kier alpha value is -4.92. The number of nitrogens with zero attached hydrogens (tertiary/aromatic N) is 6. The second kappa shape index (κ2) is 11.3. The maximum atomic E-state index is 10.0. The van der Waals surface area contributed by atoms with Gasteiger partial charge in [-0.3, -0.25) is 4.98 Å². The predicted molar refractivity (Wildman–Crippen MR) is 159 cm³/mol. The smallest absolute Gasteiger partial charge is 0.103 e. The van der Waals surface area contributed by atoms with Crippen molar-refractivity contribution in [2.75, 3.05) is 10.6 Å². The molecule has 1 saturated carbocycles. The van der Waals surface area contributed by atoms with E-state index in [0.717, 1.165) is 24.8 Å². The maximum Gasteiger partial charge on any atom is 0.103 e. The Kier molecular flexibility index (Phi) is 6.90. The fraction of sp³-hybridized carbons (Fsp3) is 0.219. The topological polar surface area (TPSA) is 115 Å². The minimum Gasteiger partial charge on any atom is -0.377 e. The molecule has 8 nitrogen and oxygen atoms in total. The molecule has 0 saturated heterocycles. The standard InChI is InChI=1S/C32H27ClN8/c1-2-28(21-8-4-3-5-9-21)39-30-23(17-35)18-36-32-26(30)14-24(15-27(32)33)38-31(22-10-6-7-20(13-22)16-34)29-19-37-40-41(29)25-11-12-25/h3-10,13-15,18-19,25,28,31,38H,2,11-12H2,1H3,(H,36,39)/t28-,31?/m1/s1/i31D. The second-order valence-corrected chi connectivity index (χ2v) is 10.4. The number of anilines is 2. The fourth-order valence-electron chi connectivity index (χ4n) is 5.04. The van der Waals surface area contributed by atoms with Crippen molar-refractivity contribution in [3.8, 4) is 12.1 Å². The van der Waals surface area contributed by atoms with Crippen molar-refractivity contribution < 1.29 is 1.37 Å². The predicted octanol–water partition coefficient (Wildman–Crippen LogP) is 7.32. The average Bonchev–Trinajstić information content (AvgIpc) is 3.75. The lowest BCUT2D eigenvalue weighted by Crippen LogP contribution is -2.17. The van der Waals surface area contributed by atoms with Gasteiger partial charge in [0.1, 0.15) is 6.07 Å². The number of nitrogens with one attached hydrogen (secondary N) is 2. The monoisotopic (exact) mass is 559 g/mol. The van der Waals surface area contributed by atoms with Crippen LogP contribution in [0.1, 0.15) is 73.6 Å². The summed E-state index contributed by atoms with van der Waals surface area (Å²) < 4.78 is 11.6. The Morgan fingerprint density at radius 2 is 1.83 bits per heavy atom. The van der Waals surface area contributed by atoms with Gasteiger partial charge in [0, 0.05) is 17.3 Å². The molecular weight excluding hydrogens is 532 g/mol. The highest BCUT2D eigenvalue weighted by Crippen LogP contribution is 2.40.